The molecule has 2 aromatic carbocycles. The van der Waals surface area contributed by atoms with Crippen LogP contribution in [0.25, 0.3) is 6.08 Å². The molecule has 1 N–H and O–H groups in total. The van der Waals surface area contributed by atoms with Crippen molar-refractivity contribution >= 4 is 51.9 Å². The molecule has 24 heavy (non-hydrogen) atoms. The highest BCUT2D eigenvalue weighted by atomic mass is 32.2. The predicted octanol–water partition coefficient (Wildman–Crippen LogP) is 3.93. The molecular weight excluding hydrogens is 349 g/mol. The largest absolute Gasteiger partial charge is 0.478 e. The number of nitrogens with zero attached hydrogens (tertiary/aromatic N) is 1. The maximum atomic E-state index is 13.0. The molecule has 1 heterocycles. The number of hydrogen-bond donors (Lipinski definition) is 1. The molecule has 3 rings (SSSR count). The second-order valence-electron chi connectivity index (χ2n) is 4.92. The fourth-order valence-electron chi connectivity index (χ4n) is 2.15. The number of carbonyl (C=O) groups is 2. The Kier molecular flexibility index (Phi) is 4.46. The van der Waals surface area contributed by atoms with Gasteiger partial charge in [0.25, 0.3) is 5.91 Å². The van der Waals surface area contributed by atoms with Gasteiger partial charge in [-0.3, -0.25) is 9.69 Å². The van der Waals surface area contributed by atoms with Crippen molar-refractivity contribution in [3.63, 3.8) is 0 Å². The van der Waals surface area contributed by atoms with Gasteiger partial charge in [-0.15, -0.1) is 0 Å². The third-order valence-corrected chi connectivity index (χ3v) is 4.64. The molecule has 0 aliphatic carbocycles. The molecule has 0 bridgehead atoms. The van der Waals surface area contributed by atoms with E-state index in [0.717, 1.165) is 11.8 Å². The summed E-state index contributed by atoms with van der Waals surface area (Å²) in [7, 11) is 0. The molecule has 0 unspecified atom stereocenters. The van der Waals surface area contributed by atoms with Crippen LogP contribution in [0.5, 0.6) is 0 Å². The number of benzene rings is 2. The van der Waals surface area contributed by atoms with Gasteiger partial charge in [0.05, 0.1) is 16.2 Å². The van der Waals surface area contributed by atoms with E-state index in [1.807, 2.05) is 0 Å². The first-order valence-corrected chi connectivity index (χ1v) is 8.05. The summed E-state index contributed by atoms with van der Waals surface area (Å²) in [5, 5.41) is 8.89. The summed E-state index contributed by atoms with van der Waals surface area (Å²) in [5.41, 5.74) is 1.37. The van der Waals surface area contributed by atoms with E-state index in [1.165, 1.54) is 41.3 Å². The maximum Gasteiger partial charge on any atom is 0.335 e. The fraction of sp³-hybridized carbons (Fsp3) is 0. The van der Waals surface area contributed by atoms with Gasteiger partial charge in [-0.2, -0.15) is 0 Å². The van der Waals surface area contributed by atoms with Gasteiger partial charge in [-0.25, -0.2) is 9.18 Å². The zero-order chi connectivity index (χ0) is 17.3. The van der Waals surface area contributed by atoms with Crippen LogP contribution in [-0.4, -0.2) is 21.3 Å². The molecule has 120 valence electrons. The van der Waals surface area contributed by atoms with E-state index in [1.54, 1.807) is 18.2 Å². The quantitative estimate of drug-likeness (QED) is 0.665. The van der Waals surface area contributed by atoms with Crippen molar-refractivity contribution in [1.82, 2.24) is 0 Å². The zero-order valence-electron chi connectivity index (χ0n) is 12.1. The van der Waals surface area contributed by atoms with Gasteiger partial charge in [0, 0.05) is 0 Å². The Hall–Kier alpha value is -2.51. The van der Waals surface area contributed by atoms with E-state index < -0.39 is 11.8 Å². The number of halogens is 1. The SMILES string of the molecule is O=C(O)c1ccc(C=C2SC(=S)N(c3ccc(F)cc3)C2=O)cc1. The second-order valence-corrected chi connectivity index (χ2v) is 6.60. The van der Waals surface area contributed by atoms with Gasteiger partial charge >= 0.3 is 5.97 Å². The number of carbonyl (C=O) groups excluding carboxylic acids is 1. The number of carboxylic acids is 1. The van der Waals surface area contributed by atoms with Gasteiger partial charge < -0.3 is 5.11 Å². The summed E-state index contributed by atoms with van der Waals surface area (Å²) in [6.07, 6.45) is 1.65. The average Bonchev–Trinajstić information content (AvgIpc) is 2.83. The third-order valence-electron chi connectivity index (χ3n) is 3.33. The van der Waals surface area contributed by atoms with Crippen LogP contribution in [0.1, 0.15) is 15.9 Å². The molecular formula is C17H10FNO3S2. The molecule has 1 aliphatic heterocycles. The summed E-state index contributed by atoms with van der Waals surface area (Å²) < 4.78 is 13.4. The van der Waals surface area contributed by atoms with Crippen molar-refractivity contribution < 1.29 is 19.1 Å². The topological polar surface area (TPSA) is 57.6 Å². The van der Waals surface area contributed by atoms with Crippen molar-refractivity contribution in [3.8, 4) is 0 Å². The summed E-state index contributed by atoms with van der Waals surface area (Å²) in [6.45, 7) is 0. The van der Waals surface area contributed by atoms with E-state index in [-0.39, 0.29) is 11.5 Å². The van der Waals surface area contributed by atoms with Gasteiger partial charge in [0.1, 0.15) is 5.82 Å². The number of thiocarbonyl (C=S) groups is 1. The monoisotopic (exact) mass is 359 g/mol. The van der Waals surface area contributed by atoms with Crippen LogP contribution in [0.3, 0.4) is 0 Å². The van der Waals surface area contributed by atoms with E-state index in [2.05, 4.69) is 0 Å². The van der Waals surface area contributed by atoms with Crippen LogP contribution in [0, 0.1) is 5.82 Å². The Morgan fingerprint density at radius 1 is 1.12 bits per heavy atom. The molecule has 2 aromatic rings. The summed E-state index contributed by atoms with van der Waals surface area (Å²) in [4.78, 5) is 25.2. The number of anilines is 1. The van der Waals surface area contributed by atoms with E-state index >= 15 is 0 Å². The fourth-order valence-corrected chi connectivity index (χ4v) is 3.45. The molecule has 1 fully saturated rings. The van der Waals surface area contributed by atoms with Crippen molar-refractivity contribution in [2.75, 3.05) is 4.90 Å². The Morgan fingerprint density at radius 3 is 2.33 bits per heavy atom. The minimum absolute atomic E-state index is 0.172. The Labute approximate surface area is 146 Å². The minimum Gasteiger partial charge on any atom is -0.478 e. The smallest absolute Gasteiger partial charge is 0.335 e. The van der Waals surface area contributed by atoms with Gasteiger partial charge in [-0.1, -0.05) is 36.1 Å². The molecule has 4 nitrogen and oxygen atoms in total. The van der Waals surface area contributed by atoms with E-state index in [0.29, 0.717) is 20.5 Å². The Morgan fingerprint density at radius 2 is 1.75 bits per heavy atom. The van der Waals surface area contributed by atoms with Crippen LogP contribution in [0.15, 0.2) is 53.4 Å². The average molecular weight is 359 g/mol. The zero-order valence-corrected chi connectivity index (χ0v) is 13.7. The first kappa shape index (κ1) is 16.4. The molecule has 7 heteroatoms. The van der Waals surface area contributed by atoms with Crippen molar-refractivity contribution in [2.45, 2.75) is 0 Å². The molecule has 0 saturated carbocycles. The van der Waals surface area contributed by atoms with E-state index in [9.17, 15) is 14.0 Å². The van der Waals surface area contributed by atoms with Crippen LogP contribution in [0.4, 0.5) is 10.1 Å². The number of aromatic carboxylic acids is 1. The number of carboxylic acid groups (broad SMARTS) is 1. The Balaban J connectivity index is 1.87. The lowest BCUT2D eigenvalue weighted by atomic mass is 10.1. The van der Waals surface area contributed by atoms with Crippen LogP contribution in [0.2, 0.25) is 0 Å². The van der Waals surface area contributed by atoms with Crippen LogP contribution < -0.4 is 4.90 Å². The lowest BCUT2D eigenvalue weighted by Crippen LogP contribution is -2.27. The second kappa shape index (κ2) is 6.54. The standard InChI is InChI=1S/C17H10FNO3S2/c18-12-5-7-13(8-6-12)19-15(20)14(24-17(19)23)9-10-1-3-11(4-2-10)16(21)22/h1-9H,(H,21,22). The number of hydrogen-bond acceptors (Lipinski definition) is 4. The normalized spacial score (nSPS) is 16.0. The first-order chi connectivity index (χ1) is 11.5. The van der Waals surface area contributed by atoms with Crippen molar-refractivity contribution in [3.05, 3.63) is 70.4 Å². The predicted molar refractivity (Wildman–Crippen MR) is 95.5 cm³/mol. The summed E-state index contributed by atoms with van der Waals surface area (Å²) in [6, 6.07) is 11.7. The highest BCUT2D eigenvalue weighted by molar-refractivity contribution is 8.27. The lowest BCUT2D eigenvalue weighted by molar-refractivity contribution is -0.113. The maximum absolute atomic E-state index is 13.0. The molecule has 0 aromatic heterocycles. The summed E-state index contributed by atoms with van der Waals surface area (Å²) >= 11 is 6.38. The van der Waals surface area contributed by atoms with Gasteiger partial charge in [0.2, 0.25) is 0 Å². The highest BCUT2D eigenvalue weighted by Gasteiger charge is 2.33. The minimum atomic E-state index is -1.01. The number of rotatable bonds is 3. The first-order valence-electron chi connectivity index (χ1n) is 6.82. The lowest BCUT2D eigenvalue weighted by Gasteiger charge is -2.14. The number of amides is 1. The molecule has 1 aliphatic rings. The van der Waals surface area contributed by atoms with E-state index in [4.69, 9.17) is 17.3 Å². The highest BCUT2D eigenvalue weighted by Crippen LogP contribution is 2.36. The molecule has 0 atom stereocenters. The summed E-state index contributed by atoms with van der Waals surface area (Å²) in [5.74, 6) is -1.69. The molecule has 0 spiro atoms. The van der Waals surface area contributed by atoms with Crippen LogP contribution >= 0.6 is 24.0 Å². The van der Waals surface area contributed by atoms with Crippen molar-refractivity contribution in [2.24, 2.45) is 0 Å². The molecule has 0 radical (unpaired) electrons. The van der Waals surface area contributed by atoms with Crippen molar-refractivity contribution in [1.29, 1.82) is 0 Å². The third kappa shape index (κ3) is 3.22. The van der Waals surface area contributed by atoms with Gasteiger partial charge in [-0.05, 0) is 48.0 Å². The van der Waals surface area contributed by atoms with Gasteiger partial charge in [0.15, 0.2) is 4.32 Å². The molecule has 1 saturated heterocycles. The Bertz CT molecular complexity index is 860. The molecule has 1 amide bonds. The number of thioether (sulfide) groups is 1. The van der Waals surface area contributed by atoms with Crippen LogP contribution in [-0.2, 0) is 4.79 Å².